The maximum Gasteiger partial charge on any atom is 0.399 e. The van der Waals surface area contributed by atoms with Gasteiger partial charge in [0.05, 0.1) is 0 Å². The Morgan fingerprint density at radius 2 is 1.91 bits per heavy atom. The van der Waals surface area contributed by atoms with Crippen molar-refractivity contribution in [3.8, 4) is 0 Å². The molecule has 22 heavy (non-hydrogen) atoms. The Morgan fingerprint density at radius 1 is 1.32 bits per heavy atom. The second kappa shape index (κ2) is 6.71. The van der Waals surface area contributed by atoms with Crippen LogP contribution in [0.4, 0.5) is 13.2 Å². The molecule has 0 radical (unpaired) electrons. The number of alkyl halides is 3. The standard InChI is InChI=1S/C17H25F3N2/c1-7-9-10-13-11-14(16(4,5)17(18,19)20)22(6)15(13)21-12(3)8-2/h8,10-11H,7,9H2,1-6H3/b12-8-,13-10+,21-15-. The zero-order valence-corrected chi connectivity index (χ0v) is 14.2. The summed E-state index contributed by atoms with van der Waals surface area (Å²) in [6.45, 7) is 8.15. The van der Waals surface area contributed by atoms with Gasteiger partial charge in [-0.1, -0.05) is 25.5 Å². The highest BCUT2D eigenvalue weighted by molar-refractivity contribution is 6.05. The summed E-state index contributed by atoms with van der Waals surface area (Å²) < 4.78 is 40.1. The van der Waals surface area contributed by atoms with Crippen LogP contribution in [-0.4, -0.2) is 24.0 Å². The zero-order chi connectivity index (χ0) is 17.1. The lowest BCUT2D eigenvalue weighted by Gasteiger charge is -2.33. The van der Waals surface area contributed by atoms with E-state index in [4.69, 9.17) is 0 Å². The number of nitrogens with zero attached hydrogens (tertiary/aromatic N) is 2. The zero-order valence-electron chi connectivity index (χ0n) is 14.2. The van der Waals surface area contributed by atoms with Crippen molar-refractivity contribution in [2.45, 2.75) is 53.6 Å². The van der Waals surface area contributed by atoms with Crippen molar-refractivity contribution >= 4 is 5.84 Å². The van der Waals surface area contributed by atoms with Crippen molar-refractivity contribution in [2.75, 3.05) is 7.05 Å². The lowest BCUT2D eigenvalue weighted by atomic mass is 9.88. The Morgan fingerprint density at radius 3 is 2.36 bits per heavy atom. The number of hydrogen-bond acceptors (Lipinski definition) is 1. The molecule has 0 amide bonds. The highest BCUT2D eigenvalue weighted by Crippen LogP contribution is 2.47. The van der Waals surface area contributed by atoms with Gasteiger partial charge in [0.1, 0.15) is 11.3 Å². The van der Waals surface area contributed by atoms with Gasteiger partial charge in [0, 0.05) is 24.0 Å². The van der Waals surface area contributed by atoms with E-state index in [1.54, 1.807) is 18.0 Å². The Bertz CT molecular complexity index is 535. The molecule has 1 rings (SSSR count). The average molecular weight is 314 g/mol. The lowest BCUT2D eigenvalue weighted by molar-refractivity contribution is -0.201. The number of rotatable bonds is 4. The summed E-state index contributed by atoms with van der Waals surface area (Å²) in [7, 11) is 1.65. The summed E-state index contributed by atoms with van der Waals surface area (Å²) in [5, 5.41) is 0. The van der Waals surface area contributed by atoms with Crippen LogP contribution in [0.5, 0.6) is 0 Å². The average Bonchev–Trinajstić information content (AvgIpc) is 2.72. The molecular formula is C17H25F3N2. The molecule has 0 aliphatic carbocycles. The van der Waals surface area contributed by atoms with E-state index in [1.807, 2.05) is 32.9 Å². The van der Waals surface area contributed by atoms with Crippen LogP contribution in [-0.2, 0) is 0 Å². The van der Waals surface area contributed by atoms with E-state index in [0.717, 1.165) is 24.1 Å². The Kier molecular flexibility index (Phi) is 5.65. The van der Waals surface area contributed by atoms with E-state index in [2.05, 4.69) is 4.99 Å². The van der Waals surface area contributed by atoms with Crippen LogP contribution in [0.1, 0.15) is 47.5 Å². The van der Waals surface area contributed by atoms with Crippen LogP contribution in [0, 0.1) is 5.41 Å². The molecule has 0 fully saturated rings. The number of aliphatic imine (C=N–C) groups is 1. The van der Waals surface area contributed by atoms with Gasteiger partial charge in [-0.05, 0) is 40.2 Å². The number of amidine groups is 1. The molecule has 124 valence electrons. The van der Waals surface area contributed by atoms with E-state index < -0.39 is 11.6 Å². The first-order valence-corrected chi connectivity index (χ1v) is 7.51. The Balaban J connectivity index is 3.37. The van der Waals surface area contributed by atoms with E-state index in [-0.39, 0.29) is 5.70 Å². The van der Waals surface area contributed by atoms with Crippen molar-refractivity contribution in [2.24, 2.45) is 10.4 Å². The molecule has 1 aliphatic heterocycles. The Hall–Kier alpha value is -1.52. The van der Waals surface area contributed by atoms with Gasteiger partial charge in [0.15, 0.2) is 0 Å². The summed E-state index contributed by atoms with van der Waals surface area (Å²) >= 11 is 0. The van der Waals surface area contributed by atoms with E-state index in [9.17, 15) is 13.2 Å². The summed E-state index contributed by atoms with van der Waals surface area (Å²) in [5.74, 6) is 0.580. The maximum absolute atomic E-state index is 13.4. The van der Waals surface area contributed by atoms with Gasteiger partial charge in [-0.2, -0.15) is 13.2 Å². The molecule has 0 N–H and O–H groups in total. The predicted octanol–water partition coefficient (Wildman–Crippen LogP) is 5.45. The monoisotopic (exact) mass is 314 g/mol. The van der Waals surface area contributed by atoms with Crippen LogP contribution < -0.4 is 0 Å². The molecule has 2 nitrogen and oxygen atoms in total. The fraction of sp³-hybridized carbons (Fsp3) is 0.588. The van der Waals surface area contributed by atoms with Crippen molar-refractivity contribution < 1.29 is 13.2 Å². The van der Waals surface area contributed by atoms with Crippen LogP contribution in [0.15, 0.2) is 40.2 Å². The molecule has 0 aromatic carbocycles. The lowest BCUT2D eigenvalue weighted by Crippen LogP contribution is -2.39. The van der Waals surface area contributed by atoms with Crippen LogP contribution in [0.2, 0.25) is 0 Å². The normalized spacial score (nSPS) is 21.0. The second-order valence-corrected chi connectivity index (χ2v) is 6.02. The minimum atomic E-state index is -4.31. The third-order valence-corrected chi connectivity index (χ3v) is 3.93. The van der Waals surface area contributed by atoms with Gasteiger partial charge in [-0.15, -0.1) is 0 Å². The highest BCUT2D eigenvalue weighted by atomic mass is 19.4. The van der Waals surface area contributed by atoms with E-state index in [1.165, 1.54) is 13.8 Å². The third kappa shape index (κ3) is 3.62. The van der Waals surface area contributed by atoms with Gasteiger partial charge in [-0.25, -0.2) is 4.99 Å². The quantitative estimate of drug-likeness (QED) is 0.673. The third-order valence-electron chi connectivity index (χ3n) is 3.93. The first kappa shape index (κ1) is 18.5. The molecule has 0 bridgehead atoms. The molecular weight excluding hydrogens is 289 g/mol. The van der Waals surface area contributed by atoms with E-state index in [0.29, 0.717) is 5.84 Å². The molecule has 0 atom stereocenters. The molecule has 0 unspecified atom stereocenters. The predicted molar refractivity (Wildman–Crippen MR) is 85.5 cm³/mol. The van der Waals surface area contributed by atoms with Gasteiger partial charge >= 0.3 is 6.18 Å². The van der Waals surface area contributed by atoms with Crippen LogP contribution in [0.3, 0.4) is 0 Å². The van der Waals surface area contributed by atoms with Crippen molar-refractivity contribution in [3.63, 3.8) is 0 Å². The minimum Gasteiger partial charge on any atom is -0.332 e. The number of unbranched alkanes of at least 4 members (excludes halogenated alkanes) is 1. The molecule has 0 saturated heterocycles. The van der Waals surface area contributed by atoms with E-state index >= 15 is 0 Å². The molecule has 0 aromatic rings. The molecule has 0 saturated carbocycles. The summed E-state index contributed by atoms with van der Waals surface area (Å²) in [5.41, 5.74) is -0.152. The fourth-order valence-corrected chi connectivity index (χ4v) is 2.18. The SMILES string of the molecule is C\C=C(C)/N=C1/C(=C/CCC)C=C(C(C)(C)C(F)(F)F)N1C. The number of likely N-dealkylation sites (N-methyl/N-ethyl adjacent to an activating group) is 1. The molecule has 1 heterocycles. The summed E-state index contributed by atoms with van der Waals surface area (Å²) in [6.07, 6.45) is 2.85. The van der Waals surface area contributed by atoms with Gasteiger partial charge < -0.3 is 4.90 Å². The highest BCUT2D eigenvalue weighted by Gasteiger charge is 2.52. The van der Waals surface area contributed by atoms with Gasteiger partial charge in [0.25, 0.3) is 0 Å². The van der Waals surface area contributed by atoms with Gasteiger partial charge in [0.2, 0.25) is 0 Å². The molecule has 0 aromatic heterocycles. The summed E-state index contributed by atoms with van der Waals surface area (Å²) in [4.78, 5) is 6.03. The minimum absolute atomic E-state index is 0.227. The summed E-state index contributed by atoms with van der Waals surface area (Å²) in [6, 6.07) is 0. The molecule has 5 heteroatoms. The first-order chi connectivity index (χ1) is 10.1. The van der Waals surface area contributed by atoms with Crippen LogP contribution in [0.25, 0.3) is 0 Å². The topological polar surface area (TPSA) is 15.6 Å². The smallest absolute Gasteiger partial charge is 0.332 e. The fourth-order valence-electron chi connectivity index (χ4n) is 2.18. The second-order valence-electron chi connectivity index (χ2n) is 6.02. The number of allylic oxidation sites excluding steroid dienone is 4. The largest absolute Gasteiger partial charge is 0.399 e. The number of hydrogen-bond donors (Lipinski definition) is 0. The number of halogens is 3. The van der Waals surface area contributed by atoms with Crippen molar-refractivity contribution in [1.29, 1.82) is 0 Å². The van der Waals surface area contributed by atoms with Crippen molar-refractivity contribution in [1.82, 2.24) is 4.90 Å². The van der Waals surface area contributed by atoms with Crippen LogP contribution >= 0.6 is 0 Å². The Labute approximate surface area is 131 Å². The van der Waals surface area contributed by atoms with Gasteiger partial charge in [-0.3, -0.25) is 0 Å². The van der Waals surface area contributed by atoms with Crippen molar-refractivity contribution in [3.05, 3.63) is 35.2 Å². The maximum atomic E-state index is 13.4. The molecule has 0 spiro atoms. The first-order valence-electron chi connectivity index (χ1n) is 7.51. The molecule has 1 aliphatic rings.